The van der Waals surface area contributed by atoms with Crippen LogP contribution < -0.4 is 16.4 Å². The van der Waals surface area contributed by atoms with E-state index in [9.17, 15) is 14.4 Å². The first-order chi connectivity index (χ1) is 8.05. The number of carboxylic acid groups (broad SMARTS) is 1. The van der Waals surface area contributed by atoms with Crippen LogP contribution in [0.2, 0.25) is 0 Å². The third kappa shape index (κ3) is 6.07. The van der Waals surface area contributed by atoms with Crippen molar-refractivity contribution in [3.05, 3.63) is 0 Å². The zero-order chi connectivity index (χ0) is 14.5. The summed E-state index contributed by atoms with van der Waals surface area (Å²) < 4.78 is 0. The molecule has 18 heavy (non-hydrogen) atoms. The molecular weight excluding hydrogens is 238 g/mol. The van der Waals surface area contributed by atoms with Crippen molar-refractivity contribution in [2.75, 3.05) is 0 Å². The molecule has 7 nitrogen and oxygen atoms in total. The highest BCUT2D eigenvalue weighted by Crippen LogP contribution is 2.08. The van der Waals surface area contributed by atoms with Crippen LogP contribution in [0, 0.1) is 5.92 Å². The second-order valence-corrected chi connectivity index (χ2v) is 5.19. The van der Waals surface area contributed by atoms with Gasteiger partial charge in [-0.15, -0.1) is 0 Å². The van der Waals surface area contributed by atoms with Gasteiger partial charge in [0.2, 0.25) is 5.91 Å². The number of primary amides is 1. The minimum atomic E-state index is -1.10. The number of nitrogens with one attached hydrogen (secondary N) is 2. The average molecular weight is 259 g/mol. The number of carboxylic acids is 1. The second kappa shape index (κ2) is 6.23. The van der Waals surface area contributed by atoms with Crippen LogP contribution in [0.4, 0.5) is 4.79 Å². The summed E-state index contributed by atoms with van der Waals surface area (Å²) in [6, 6.07) is -1.61. The highest BCUT2D eigenvalue weighted by molar-refractivity contribution is 5.83. The smallest absolute Gasteiger partial charge is 0.326 e. The topological polar surface area (TPSA) is 122 Å². The van der Waals surface area contributed by atoms with Gasteiger partial charge < -0.3 is 21.5 Å². The fraction of sp³-hybridized carbons (Fsp3) is 0.727. The molecule has 0 bridgehead atoms. The minimum absolute atomic E-state index is 0.0279. The first-order valence-electron chi connectivity index (χ1n) is 5.65. The summed E-state index contributed by atoms with van der Waals surface area (Å²) in [5, 5.41) is 13.8. The molecule has 0 aliphatic heterocycles. The van der Waals surface area contributed by atoms with Crippen molar-refractivity contribution in [1.82, 2.24) is 10.6 Å². The molecule has 104 valence electrons. The van der Waals surface area contributed by atoms with Gasteiger partial charge in [-0.05, 0) is 19.8 Å². The Morgan fingerprint density at radius 1 is 1.28 bits per heavy atom. The summed E-state index contributed by atoms with van der Waals surface area (Å²) >= 11 is 0. The molecule has 0 aliphatic carbocycles. The molecular formula is C11H21N3O4. The van der Waals surface area contributed by atoms with Crippen LogP contribution in [-0.2, 0) is 9.59 Å². The largest absolute Gasteiger partial charge is 0.480 e. The molecule has 0 aromatic carbocycles. The summed E-state index contributed by atoms with van der Waals surface area (Å²) in [6.07, 6.45) is -0.0279. The van der Waals surface area contributed by atoms with Crippen molar-refractivity contribution in [2.45, 2.75) is 45.7 Å². The fourth-order valence-electron chi connectivity index (χ4n) is 1.48. The summed E-state index contributed by atoms with van der Waals surface area (Å²) in [5.74, 6) is -1.89. The normalized spacial score (nSPS) is 12.9. The average Bonchev–Trinajstić information content (AvgIpc) is 2.09. The lowest BCUT2D eigenvalue weighted by Crippen LogP contribution is -2.55. The van der Waals surface area contributed by atoms with Crippen molar-refractivity contribution in [1.29, 1.82) is 0 Å². The van der Waals surface area contributed by atoms with Gasteiger partial charge in [-0.1, -0.05) is 13.8 Å². The van der Waals surface area contributed by atoms with Crippen molar-refractivity contribution in [2.24, 2.45) is 11.7 Å². The van der Waals surface area contributed by atoms with E-state index < -0.39 is 29.5 Å². The summed E-state index contributed by atoms with van der Waals surface area (Å²) in [5.41, 5.74) is 4.22. The lowest BCUT2D eigenvalue weighted by Gasteiger charge is -2.26. The van der Waals surface area contributed by atoms with E-state index in [0.29, 0.717) is 0 Å². The molecule has 0 aliphatic rings. The van der Waals surface area contributed by atoms with Crippen LogP contribution in [0.5, 0.6) is 0 Å². The molecule has 0 fully saturated rings. The molecule has 1 atom stereocenters. The zero-order valence-corrected chi connectivity index (χ0v) is 11.1. The third-order valence-corrected chi connectivity index (χ3v) is 2.29. The van der Waals surface area contributed by atoms with E-state index in [-0.39, 0.29) is 12.3 Å². The van der Waals surface area contributed by atoms with Crippen LogP contribution in [0.25, 0.3) is 0 Å². The lowest BCUT2D eigenvalue weighted by atomic mass is 10.0. The zero-order valence-electron chi connectivity index (χ0n) is 11.1. The number of hydrogen-bond donors (Lipinski definition) is 4. The molecule has 0 heterocycles. The number of nitrogens with two attached hydrogens (primary N) is 1. The predicted octanol–water partition coefficient (Wildman–Crippen LogP) is 0.0488. The van der Waals surface area contributed by atoms with E-state index in [1.807, 2.05) is 0 Å². The number of carbonyl (C=O) groups is 3. The van der Waals surface area contributed by atoms with Crippen molar-refractivity contribution >= 4 is 17.9 Å². The Morgan fingerprint density at radius 3 is 2.11 bits per heavy atom. The van der Waals surface area contributed by atoms with Crippen molar-refractivity contribution in [3.63, 3.8) is 0 Å². The number of urea groups is 1. The van der Waals surface area contributed by atoms with Crippen LogP contribution in [-0.4, -0.2) is 34.6 Å². The first-order valence-corrected chi connectivity index (χ1v) is 5.65. The molecule has 5 N–H and O–H groups in total. The van der Waals surface area contributed by atoms with Crippen molar-refractivity contribution < 1.29 is 19.5 Å². The quantitative estimate of drug-likeness (QED) is 0.538. The Labute approximate surface area is 106 Å². The molecule has 0 saturated heterocycles. The van der Waals surface area contributed by atoms with Gasteiger partial charge in [-0.2, -0.15) is 0 Å². The molecule has 0 radical (unpaired) electrons. The Morgan fingerprint density at radius 2 is 1.78 bits per heavy atom. The molecule has 0 saturated carbocycles. The van der Waals surface area contributed by atoms with Gasteiger partial charge in [0.25, 0.3) is 0 Å². The summed E-state index contributed by atoms with van der Waals surface area (Å²) in [7, 11) is 0. The van der Waals surface area contributed by atoms with Gasteiger partial charge in [0.15, 0.2) is 0 Å². The van der Waals surface area contributed by atoms with Gasteiger partial charge in [0.1, 0.15) is 6.04 Å². The van der Waals surface area contributed by atoms with Gasteiger partial charge in [0.05, 0.1) is 0 Å². The molecule has 3 amide bonds. The Hall–Kier alpha value is -1.79. The molecule has 0 rings (SSSR count). The Bertz CT molecular complexity index is 339. The molecule has 0 aromatic rings. The number of hydrogen-bond acceptors (Lipinski definition) is 3. The van der Waals surface area contributed by atoms with E-state index in [1.54, 1.807) is 27.7 Å². The fourth-order valence-corrected chi connectivity index (χ4v) is 1.48. The van der Waals surface area contributed by atoms with Crippen LogP contribution in [0.1, 0.15) is 34.1 Å². The number of rotatable bonds is 6. The maximum Gasteiger partial charge on any atom is 0.326 e. The van der Waals surface area contributed by atoms with Crippen LogP contribution in [0.3, 0.4) is 0 Å². The molecule has 7 heteroatoms. The highest BCUT2D eigenvalue weighted by atomic mass is 16.4. The standard InChI is InChI=1S/C11H21N3O4/c1-6(2)8(9(16)17)13-10(18)14-11(3,4)5-7(12)15/h6,8H,5H2,1-4H3,(H2,12,15)(H,16,17)(H2,13,14,18)/t8-/m1/s1. The first kappa shape index (κ1) is 16.2. The number of carbonyl (C=O) groups excluding carboxylic acids is 2. The lowest BCUT2D eigenvalue weighted by molar-refractivity contribution is -0.140. The second-order valence-electron chi connectivity index (χ2n) is 5.19. The monoisotopic (exact) mass is 259 g/mol. The third-order valence-electron chi connectivity index (χ3n) is 2.29. The van der Waals surface area contributed by atoms with Gasteiger partial charge in [-0.3, -0.25) is 4.79 Å². The number of aliphatic carboxylic acids is 1. The predicted molar refractivity (Wildman–Crippen MR) is 65.8 cm³/mol. The maximum atomic E-state index is 11.6. The van der Waals surface area contributed by atoms with Gasteiger partial charge in [-0.25, -0.2) is 9.59 Å². The van der Waals surface area contributed by atoms with Crippen LogP contribution >= 0.6 is 0 Å². The minimum Gasteiger partial charge on any atom is -0.480 e. The highest BCUT2D eigenvalue weighted by Gasteiger charge is 2.27. The number of amides is 3. The molecule has 0 unspecified atom stereocenters. The molecule has 0 spiro atoms. The Kier molecular flexibility index (Phi) is 5.61. The van der Waals surface area contributed by atoms with E-state index in [2.05, 4.69) is 10.6 Å². The maximum absolute atomic E-state index is 11.6. The van der Waals surface area contributed by atoms with Crippen molar-refractivity contribution in [3.8, 4) is 0 Å². The molecule has 0 aromatic heterocycles. The van der Waals surface area contributed by atoms with Gasteiger partial charge >= 0.3 is 12.0 Å². The van der Waals surface area contributed by atoms with E-state index in [4.69, 9.17) is 10.8 Å². The Balaban J connectivity index is 4.50. The van der Waals surface area contributed by atoms with E-state index in [0.717, 1.165) is 0 Å². The van der Waals surface area contributed by atoms with Crippen LogP contribution in [0.15, 0.2) is 0 Å². The SMILES string of the molecule is CC(C)[C@@H](NC(=O)NC(C)(C)CC(N)=O)C(=O)O. The van der Waals surface area contributed by atoms with E-state index >= 15 is 0 Å². The van der Waals surface area contributed by atoms with Gasteiger partial charge in [0, 0.05) is 12.0 Å². The summed E-state index contributed by atoms with van der Waals surface area (Å²) in [4.78, 5) is 33.3. The van der Waals surface area contributed by atoms with E-state index in [1.165, 1.54) is 0 Å². The summed E-state index contributed by atoms with van der Waals surface area (Å²) in [6.45, 7) is 6.63.